The van der Waals surface area contributed by atoms with Crippen molar-refractivity contribution in [2.45, 2.75) is 45.1 Å². The zero-order valence-corrected chi connectivity index (χ0v) is 9.82. The van der Waals surface area contributed by atoms with Gasteiger partial charge in [-0.25, -0.2) is 4.98 Å². The van der Waals surface area contributed by atoms with Crippen LogP contribution in [0, 0.1) is 5.41 Å². The maximum Gasteiger partial charge on any atom is 0.111 e. The first-order chi connectivity index (χ1) is 6.95. The normalized spacial score (nSPS) is 29.6. The molecule has 1 heterocycles. The SMILES string of the molecule is Cn1ccnc1CC1(O)CCCC1(C)C. The first-order valence-corrected chi connectivity index (χ1v) is 5.63. The molecule has 1 aromatic heterocycles. The Bertz CT molecular complexity index is 356. The molecule has 0 saturated heterocycles. The van der Waals surface area contributed by atoms with Crippen molar-refractivity contribution in [2.75, 3.05) is 0 Å². The molecule has 1 fully saturated rings. The lowest BCUT2D eigenvalue weighted by Crippen LogP contribution is -2.42. The smallest absolute Gasteiger partial charge is 0.111 e. The van der Waals surface area contributed by atoms with Crippen LogP contribution in [0.5, 0.6) is 0 Å². The van der Waals surface area contributed by atoms with Crippen LogP contribution in [0.1, 0.15) is 38.9 Å². The molecule has 1 aliphatic rings. The monoisotopic (exact) mass is 208 g/mol. The van der Waals surface area contributed by atoms with Gasteiger partial charge < -0.3 is 9.67 Å². The largest absolute Gasteiger partial charge is 0.389 e. The van der Waals surface area contributed by atoms with Gasteiger partial charge >= 0.3 is 0 Å². The molecule has 0 amide bonds. The van der Waals surface area contributed by atoms with Crippen LogP contribution in [0.4, 0.5) is 0 Å². The van der Waals surface area contributed by atoms with Gasteiger partial charge in [0.05, 0.1) is 5.60 Å². The average molecular weight is 208 g/mol. The molecule has 0 aliphatic heterocycles. The minimum Gasteiger partial charge on any atom is -0.389 e. The number of aromatic nitrogens is 2. The lowest BCUT2D eigenvalue weighted by molar-refractivity contribution is -0.0438. The molecule has 1 atom stereocenters. The standard InChI is InChI=1S/C12H20N2O/c1-11(2)5-4-6-12(11,15)9-10-13-7-8-14(10)3/h7-8,15H,4-6,9H2,1-3H3. The highest BCUT2D eigenvalue weighted by Crippen LogP contribution is 2.47. The topological polar surface area (TPSA) is 38.0 Å². The molecule has 15 heavy (non-hydrogen) atoms. The predicted octanol–water partition coefficient (Wildman–Crippen LogP) is 1.90. The van der Waals surface area contributed by atoms with Crippen molar-refractivity contribution in [3.05, 3.63) is 18.2 Å². The average Bonchev–Trinajstić information content (AvgIpc) is 2.61. The number of hydrogen-bond acceptors (Lipinski definition) is 2. The van der Waals surface area contributed by atoms with Crippen LogP contribution in [0.2, 0.25) is 0 Å². The van der Waals surface area contributed by atoms with Crippen LogP contribution < -0.4 is 0 Å². The molecule has 0 bridgehead atoms. The van der Waals surface area contributed by atoms with Crippen molar-refractivity contribution in [3.8, 4) is 0 Å². The van der Waals surface area contributed by atoms with E-state index in [4.69, 9.17) is 0 Å². The highest BCUT2D eigenvalue weighted by molar-refractivity contribution is 5.06. The molecule has 3 heteroatoms. The second-order valence-corrected chi connectivity index (χ2v) is 5.40. The van der Waals surface area contributed by atoms with Gasteiger partial charge in [-0.2, -0.15) is 0 Å². The van der Waals surface area contributed by atoms with E-state index in [1.54, 1.807) is 6.20 Å². The van der Waals surface area contributed by atoms with Crippen LogP contribution in [0.15, 0.2) is 12.4 Å². The summed E-state index contributed by atoms with van der Waals surface area (Å²) in [6.07, 6.45) is 7.51. The van der Waals surface area contributed by atoms with Crippen molar-refractivity contribution in [1.29, 1.82) is 0 Å². The van der Waals surface area contributed by atoms with Crippen molar-refractivity contribution < 1.29 is 5.11 Å². The van der Waals surface area contributed by atoms with Gasteiger partial charge in [-0.05, 0) is 24.7 Å². The molecule has 3 nitrogen and oxygen atoms in total. The summed E-state index contributed by atoms with van der Waals surface area (Å²) in [5, 5.41) is 10.7. The van der Waals surface area contributed by atoms with Gasteiger partial charge in [-0.15, -0.1) is 0 Å². The number of aryl methyl sites for hydroxylation is 1. The second kappa shape index (κ2) is 3.34. The zero-order valence-electron chi connectivity index (χ0n) is 9.82. The molecular formula is C12H20N2O. The van der Waals surface area contributed by atoms with E-state index in [-0.39, 0.29) is 5.41 Å². The van der Waals surface area contributed by atoms with Gasteiger partial charge in [-0.1, -0.05) is 13.8 Å². The summed E-state index contributed by atoms with van der Waals surface area (Å²) in [5.41, 5.74) is -0.564. The van der Waals surface area contributed by atoms with E-state index in [0.717, 1.165) is 25.1 Å². The minimum absolute atomic E-state index is 0.0128. The van der Waals surface area contributed by atoms with Gasteiger partial charge in [0.15, 0.2) is 0 Å². The Morgan fingerprint density at radius 3 is 2.67 bits per heavy atom. The van der Waals surface area contributed by atoms with E-state index in [1.807, 2.05) is 17.8 Å². The number of rotatable bonds is 2. The zero-order chi connectivity index (χ0) is 11.1. The lowest BCUT2D eigenvalue weighted by Gasteiger charge is -2.36. The van der Waals surface area contributed by atoms with Gasteiger partial charge in [0.25, 0.3) is 0 Å². The van der Waals surface area contributed by atoms with Gasteiger partial charge in [0.1, 0.15) is 5.82 Å². The molecule has 1 N–H and O–H groups in total. The molecule has 1 unspecified atom stereocenters. The summed E-state index contributed by atoms with van der Waals surface area (Å²) < 4.78 is 1.99. The second-order valence-electron chi connectivity index (χ2n) is 5.40. The fourth-order valence-corrected chi connectivity index (χ4v) is 2.55. The molecule has 1 aliphatic carbocycles. The van der Waals surface area contributed by atoms with Crippen molar-refractivity contribution in [1.82, 2.24) is 9.55 Å². The molecular weight excluding hydrogens is 188 g/mol. The minimum atomic E-state index is -0.577. The number of hydrogen-bond donors (Lipinski definition) is 1. The third-order valence-corrected chi connectivity index (χ3v) is 4.02. The predicted molar refractivity (Wildman–Crippen MR) is 59.5 cm³/mol. The third kappa shape index (κ3) is 1.69. The van der Waals surface area contributed by atoms with Gasteiger partial charge in [0, 0.05) is 25.9 Å². The highest BCUT2D eigenvalue weighted by Gasteiger charge is 2.47. The third-order valence-electron chi connectivity index (χ3n) is 4.02. The van der Waals surface area contributed by atoms with Crippen LogP contribution in [0.25, 0.3) is 0 Å². The Labute approximate surface area is 91.1 Å². The number of nitrogens with zero attached hydrogens (tertiary/aromatic N) is 2. The maximum absolute atomic E-state index is 10.7. The summed E-state index contributed by atoms with van der Waals surface area (Å²) in [6.45, 7) is 4.31. The Hall–Kier alpha value is -0.830. The Kier molecular flexibility index (Phi) is 2.38. The van der Waals surface area contributed by atoms with E-state index in [2.05, 4.69) is 18.8 Å². The summed E-state index contributed by atoms with van der Waals surface area (Å²) in [7, 11) is 1.98. The Morgan fingerprint density at radius 2 is 2.20 bits per heavy atom. The van der Waals surface area contributed by atoms with Crippen LogP contribution in [-0.4, -0.2) is 20.3 Å². The van der Waals surface area contributed by atoms with Crippen molar-refractivity contribution in [3.63, 3.8) is 0 Å². The van der Waals surface area contributed by atoms with E-state index >= 15 is 0 Å². The van der Waals surface area contributed by atoms with Crippen LogP contribution in [0.3, 0.4) is 0 Å². The van der Waals surface area contributed by atoms with Gasteiger partial charge in [-0.3, -0.25) is 0 Å². The number of aliphatic hydroxyl groups is 1. The van der Waals surface area contributed by atoms with E-state index in [9.17, 15) is 5.11 Å². The molecule has 0 aromatic carbocycles. The summed E-state index contributed by atoms with van der Waals surface area (Å²) in [6, 6.07) is 0. The molecule has 1 aromatic rings. The summed E-state index contributed by atoms with van der Waals surface area (Å²) in [4.78, 5) is 4.29. The van der Waals surface area contributed by atoms with E-state index < -0.39 is 5.60 Å². The van der Waals surface area contributed by atoms with Gasteiger partial charge in [0.2, 0.25) is 0 Å². The van der Waals surface area contributed by atoms with Crippen LogP contribution >= 0.6 is 0 Å². The van der Waals surface area contributed by atoms with Crippen molar-refractivity contribution in [2.24, 2.45) is 12.5 Å². The Morgan fingerprint density at radius 1 is 1.47 bits per heavy atom. The Balaban J connectivity index is 2.21. The first kappa shape index (κ1) is 10.7. The molecule has 0 radical (unpaired) electrons. The van der Waals surface area contributed by atoms with Crippen LogP contribution in [-0.2, 0) is 13.5 Å². The first-order valence-electron chi connectivity index (χ1n) is 5.63. The summed E-state index contributed by atoms with van der Waals surface area (Å²) in [5.74, 6) is 0.979. The molecule has 1 saturated carbocycles. The molecule has 0 spiro atoms. The lowest BCUT2D eigenvalue weighted by atomic mass is 9.75. The quantitative estimate of drug-likeness (QED) is 0.806. The molecule has 2 rings (SSSR count). The van der Waals surface area contributed by atoms with Crippen molar-refractivity contribution >= 4 is 0 Å². The van der Waals surface area contributed by atoms with E-state index in [1.165, 1.54) is 0 Å². The maximum atomic E-state index is 10.7. The molecule has 84 valence electrons. The number of imidazole rings is 1. The van der Waals surface area contributed by atoms with E-state index in [0.29, 0.717) is 6.42 Å². The fourth-order valence-electron chi connectivity index (χ4n) is 2.55. The highest BCUT2D eigenvalue weighted by atomic mass is 16.3. The fraction of sp³-hybridized carbons (Fsp3) is 0.750. The summed E-state index contributed by atoms with van der Waals surface area (Å²) >= 11 is 0.